The standard InChI is InChI=1S/C25H37NO4/c1-8-24(28,9-2)17-29-20-13-12-19(16-18(20)5)25(10-3,11-4)22-15-14-21(30-22)23(27)26(6)7/h12-16,28H,8-11,17H2,1-7H3. The first-order chi connectivity index (χ1) is 14.2. The monoisotopic (exact) mass is 415 g/mol. The van der Waals surface area contributed by atoms with E-state index in [1.807, 2.05) is 32.9 Å². The number of hydrogen-bond donors (Lipinski definition) is 1. The van der Waals surface area contributed by atoms with Crippen molar-refractivity contribution < 1.29 is 19.1 Å². The van der Waals surface area contributed by atoms with Gasteiger partial charge in [-0.15, -0.1) is 0 Å². The summed E-state index contributed by atoms with van der Waals surface area (Å²) in [4.78, 5) is 13.8. The van der Waals surface area contributed by atoms with E-state index in [0.717, 1.165) is 35.5 Å². The maximum atomic E-state index is 12.3. The molecule has 1 aromatic carbocycles. The van der Waals surface area contributed by atoms with Crippen LogP contribution in [0.15, 0.2) is 34.7 Å². The number of carbonyl (C=O) groups is 1. The SMILES string of the molecule is CCC(O)(CC)COc1ccc(C(CC)(CC)c2ccc(C(=O)N(C)C)o2)cc1C. The molecule has 30 heavy (non-hydrogen) atoms. The predicted octanol–water partition coefficient (Wildman–Crippen LogP) is 5.33. The van der Waals surface area contributed by atoms with Gasteiger partial charge >= 0.3 is 0 Å². The van der Waals surface area contributed by atoms with Gasteiger partial charge in [-0.2, -0.15) is 0 Å². The summed E-state index contributed by atoms with van der Waals surface area (Å²) in [6.45, 7) is 10.5. The van der Waals surface area contributed by atoms with Crippen LogP contribution in [0.4, 0.5) is 0 Å². The zero-order chi connectivity index (χ0) is 22.5. The fraction of sp³-hybridized carbons (Fsp3) is 0.560. The van der Waals surface area contributed by atoms with E-state index in [1.54, 1.807) is 20.2 Å². The first kappa shape index (κ1) is 24.0. The van der Waals surface area contributed by atoms with Crippen molar-refractivity contribution in [2.45, 2.75) is 71.3 Å². The van der Waals surface area contributed by atoms with E-state index < -0.39 is 5.60 Å². The Bertz CT molecular complexity index is 845. The quantitative estimate of drug-likeness (QED) is 0.570. The third-order valence-corrected chi connectivity index (χ3v) is 6.44. The minimum Gasteiger partial charge on any atom is -0.490 e. The lowest BCUT2D eigenvalue weighted by molar-refractivity contribution is -0.0115. The summed E-state index contributed by atoms with van der Waals surface area (Å²) < 4.78 is 12.0. The largest absolute Gasteiger partial charge is 0.490 e. The summed E-state index contributed by atoms with van der Waals surface area (Å²) in [5, 5.41) is 10.5. The molecule has 2 aromatic rings. The van der Waals surface area contributed by atoms with Gasteiger partial charge in [0.2, 0.25) is 0 Å². The Morgan fingerprint density at radius 3 is 2.17 bits per heavy atom. The Labute approximate surface area is 181 Å². The molecule has 0 unspecified atom stereocenters. The molecular formula is C25H37NO4. The van der Waals surface area contributed by atoms with Gasteiger partial charge in [-0.1, -0.05) is 39.8 Å². The summed E-state index contributed by atoms with van der Waals surface area (Å²) >= 11 is 0. The normalized spacial score (nSPS) is 12.1. The molecule has 1 N–H and O–H groups in total. The van der Waals surface area contributed by atoms with Crippen LogP contribution in [0, 0.1) is 6.92 Å². The van der Waals surface area contributed by atoms with E-state index in [9.17, 15) is 9.90 Å². The van der Waals surface area contributed by atoms with Crippen LogP contribution in [0.1, 0.15) is 80.8 Å². The van der Waals surface area contributed by atoms with Crippen LogP contribution in [-0.4, -0.2) is 42.2 Å². The summed E-state index contributed by atoms with van der Waals surface area (Å²) in [5.41, 5.74) is 1.04. The van der Waals surface area contributed by atoms with Gasteiger partial charge in [0.05, 0.1) is 11.0 Å². The Hall–Kier alpha value is -2.27. The van der Waals surface area contributed by atoms with Gasteiger partial charge in [0, 0.05) is 14.1 Å². The zero-order valence-electron chi connectivity index (χ0n) is 19.5. The van der Waals surface area contributed by atoms with Crippen LogP contribution in [0.3, 0.4) is 0 Å². The molecule has 0 aliphatic carbocycles. The van der Waals surface area contributed by atoms with Crippen molar-refractivity contribution in [2.75, 3.05) is 20.7 Å². The number of hydrogen-bond acceptors (Lipinski definition) is 4. The summed E-state index contributed by atoms with van der Waals surface area (Å²) in [7, 11) is 3.44. The second-order valence-corrected chi connectivity index (χ2v) is 8.35. The number of ether oxygens (including phenoxy) is 1. The highest BCUT2D eigenvalue weighted by Crippen LogP contribution is 2.41. The molecule has 0 atom stereocenters. The number of aryl methyl sites for hydroxylation is 1. The van der Waals surface area contributed by atoms with Crippen LogP contribution in [0.2, 0.25) is 0 Å². The third kappa shape index (κ3) is 4.72. The molecule has 0 saturated heterocycles. The van der Waals surface area contributed by atoms with Gasteiger partial charge < -0.3 is 19.2 Å². The molecule has 0 aliphatic heterocycles. The molecule has 2 rings (SSSR count). The van der Waals surface area contributed by atoms with Crippen LogP contribution in [-0.2, 0) is 5.41 Å². The molecule has 5 heteroatoms. The van der Waals surface area contributed by atoms with Gasteiger partial charge in [0.25, 0.3) is 5.91 Å². The van der Waals surface area contributed by atoms with Crippen molar-refractivity contribution in [1.82, 2.24) is 4.90 Å². The predicted molar refractivity (Wildman–Crippen MR) is 120 cm³/mol. The Morgan fingerprint density at radius 2 is 1.67 bits per heavy atom. The van der Waals surface area contributed by atoms with Crippen LogP contribution >= 0.6 is 0 Å². The average Bonchev–Trinajstić information content (AvgIpc) is 3.24. The van der Waals surface area contributed by atoms with Crippen molar-refractivity contribution in [3.05, 3.63) is 53.0 Å². The molecule has 0 spiro atoms. The van der Waals surface area contributed by atoms with Crippen LogP contribution < -0.4 is 4.74 Å². The number of aliphatic hydroxyl groups is 1. The number of furan rings is 1. The third-order valence-electron chi connectivity index (χ3n) is 6.44. The highest BCUT2D eigenvalue weighted by Gasteiger charge is 2.35. The van der Waals surface area contributed by atoms with E-state index in [0.29, 0.717) is 18.6 Å². The maximum absolute atomic E-state index is 12.3. The Balaban J connectivity index is 2.36. The first-order valence-electron chi connectivity index (χ1n) is 10.9. The van der Waals surface area contributed by atoms with Gasteiger partial charge in [-0.3, -0.25) is 4.79 Å². The number of nitrogens with zero attached hydrogens (tertiary/aromatic N) is 1. The van der Waals surface area contributed by atoms with Gasteiger partial charge in [-0.25, -0.2) is 0 Å². The van der Waals surface area contributed by atoms with E-state index in [-0.39, 0.29) is 17.9 Å². The molecule has 0 fully saturated rings. The number of carbonyl (C=O) groups excluding carboxylic acids is 1. The summed E-state index contributed by atoms with van der Waals surface area (Å²) in [5.74, 6) is 1.80. The highest BCUT2D eigenvalue weighted by atomic mass is 16.5. The number of amides is 1. The first-order valence-corrected chi connectivity index (χ1v) is 10.9. The van der Waals surface area contributed by atoms with E-state index in [1.165, 1.54) is 4.90 Å². The van der Waals surface area contributed by atoms with Crippen molar-refractivity contribution in [2.24, 2.45) is 0 Å². The molecular weight excluding hydrogens is 378 g/mol. The van der Waals surface area contributed by atoms with E-state index >= 15 is 0 Å². The molecule has 0 saturated carbocycles. The average molecular weight is 416 g/mol. The zero-order valence-corrected chi connectivity index (χ0v) is 19.5. The maximum Gasteiger partial charge on any atom is 0.289 e. The smallest absolute Gasteiger partial charge is 0.289 e. The van der Waals surface area contributed by atoms with Crippen molar-refractivity contribution >= 4 is 5.91 Å². The second-order valence-electron chi connectivity index (χ2n) is 8.35. The Morgan fingerprint density at radius 1 is 1.03 bits per heavy atom. The highest BCUT2D eigenvalue weighted by molar-refractivity contribution is 5.91. The fourth-order valence-corrected chi connectivity index (χ4v) is 3.85. The number of benzene rings is 1. The second kappa shape index (κ2) is 9.69. The van der Waals surface area contributed by atoms with E-state index in [2.05, 4.69) is 26.0 Å². The summed E-state index contributed by atoms with van der Waals surface area (Å²) in [6, 6.07) is 9.87. The Kier molecular flexibility index (Phi) is 7.75. The lowest BCUT2D eigenvalue weighted by Gasteiger charge is -2.31. The molecule has 5 nitrogen and oxygen atoms in total. The van der Waals surface area contributed by atoms with Crippen molar-refractivity contribution in [3.63, 3.8) is 0 Å². The van der Waals surface area contributed by atoms with Gasteiger partial charge in [0.1, 0.15) is 18.1 Å². The molecule has 166 valence electrons. The molecule has 0 radical (unpaired) electrons. The molecule has 1 amide bonds. The lowest BCUT2D eigenvalue weighted by Crippen LogP contribution is -2.34. The molecule has 1 heterocycles. The minimum atomic E-state index is -0.800. The van der Waals surface area contributed by atoms with Gasteiger partial charge in [0.15, 0.2) is 5.76 Å². The summed E-state index contributed by atoms with van der Waals surface area (Å²) in [6.07, 6.45) is 3.00. The number of rotatable bonds is 10. The van der Waals surface area contributed by atoms with Crippen LogP contribution in [0.25, 0.3) is 0 Å². The van der Waals surface area contributed by atoms with Crippen molar-refractivity contribution in [1.29, 1.82) is 0 Å². The lowest BCUT2D eigenvalue weighted by atomic mass is 9.73. The minimum absolute atomic E-state index is 0.137. The van der Waals surface area contributed by atoms with Crippen molar-refractivity contribution in [3.8, 4) is 5.75 Å². The molecule has 1 aromatic heterocycles. The van der Waals surface area contributed by atoms with Crippen LogP contribution in [0.5, 0.6) is 5.75 Å². The molecule has 0 bridgehead atoms. The van der Waals surface area contributed by atoms with Gasteiger partial charge in [-0.05, 0) is 61.9 Å². The fourth-order valence-electron chi connectivity index (χ4n) is 3.85. The topological polar surface area (TPSA) is 62.9 Å². The van der Waals surface area contributed by atoms with E-state index in [4.69, 9.17) is 9.15 Å². The molecule has 0 aliphatic rings.